The van der Waals surface area contributed by atoms with Crippen LogP contribution in [-0.4, -0.2) is 61.6 Å². The molecular formula is C22H25N3O8. The lowest BCUT2D eigenvalue weighted by Crippen LogP contribution is -2.39. The third kappa shape index (κ3) is 4.27. The van der Waals surface area contributed by atoms with Crippen LogP contribution in [0.25, 0.3) is 0 Å². The number of nitrogens with one attached hydrogen (secondary N) is 1. The Morgan fingerprint density at radius 3 is 2.58 bits per heavy atom. The summed E-state index contributed by atoms with van der Waals surface area (Å²) in [7, 11) is 0. The topological polar surface area (TPSA) is 151 Å². The molecule has 176 valence electrons. The number of aryl methyl sites for hydroxylation is 1. The molecule has 1 saturated heterocycles. The number of H-pyrrole nitrogens is 1. The van der Waals surface area contributed by atoms with Gasteiger partial charge in [0.05, 0.1) is 11.1 Å². The van der Waals surface area contributed by atoms with E-state index in [0.717, 1.165) is 41.7 Å². The first-order chi connectivity index (χ1) is 15.8. The number of carbonyl (C=O) groups excluding carboxylic acids is 2. The molecule has 33 heavy (non-hydrogen) atoms. The summed E-state index contributed by atoms with van der Waals surface area (Å²) >= 11 is 0. The molecule has 0 spiro atoms. The van der Waals surface area contributed by atoms with Gasteiger partial charge < -0.3 is 14.9 Å². The lowest BCUT2D eigenvalue weighted by molar-refractivity contribution is -0.141. The van der Waals surface area contributed by atoms with Crippen LogP contribution in [0.5, 0.6) is 0 Å². The Balaban J connectivity index is 1.46. The molecule has 1 aromatic heterocycles. The van der Waals surface area contributed by atoms with Crippen molar-refractivity contribution in [3.8, 4) is 0 Å². The van der Waals surface area contributed by atoms with Gasteiger partial charge >= 0.3 is 5.69 Å². The molecule has 3 N–H and O–H groups in total. The van der Waals surface area contributed by atoms with Crippen LogP contribution in [0.1, 0.15) is 58.7 Å². The van der Waals surface area contributed by atoms with E-state index in [9.17, 15) is 29.4 Å². The normalized spacial score (nSPS) is 24.5. The maximum Gasteiger partial charge on any atom is 0.330 e. The van der Waals surface area contributed by atoms with Crippen LogP contribution in [0.15, 0.2) is 40.1 Å². The molecule has 0 saturated carbocycles. The molecule has 4 rings (SSSR count). The molecule has 4 atom stereocenters. The van der Waals surface area contributed by atoms with E-state index < -0.39 is 54.2 Å². The van der Waals surface area contributed by atoms with Crippen LogP contribution in [0.4, 0.5) is 0 Å². The zero-order valence-electron chi connectivity index (χ0n) is 18.0. The Bertz CT molecular complexity index is 1170. The van der Waals surface area contributed by atoms with Crippen LogP contribution in [-0.2, 0) is 16.0 Å². The molecule has 11 nitrogen and oxygen atoms in total. The van der Waals surface area contributed by atoms with Crippen LogP contribution >= 0.6 is 0 Å². The Labute approximate surface area is 188 Å². The quantitative estimate of drug-likeness (QED) is 0.372. The molecule has 2 aromatic rings. The first-order valence-electron chi connectivity index (χ1n) is 10.8. The number of hydrogen-bond donors (Lipinski definition) is 3. The maximum absolute atomic E-state index is 12.9. The number of ether oxygens (including phenoxy) is 1. The van der Waals surface area contributed by atoms with Gasteiger partial charge in [-0.05, 0) is 24.5 Å². The van der Waals surface area contributed by atoms with Crippen molar-refractivity contribution in [1.82, 2.24) is 14.6 Å². The number of fused-ring (bicyclic) bond motifs is 1. The van der Waals surface area contributed by atoms with Gasteiger partial charge in [-0.25, -0.2) is 4.79 Å². The second kappa shape index (κ2) is 9.40. The number of nitrogens with zero attached hydrogens (tertiary/aromatic N) is 2. The van der Waals surface area contributed by atoms with Crippen molar-refractivity contribution in [3.63, 3.8) is 0 Å². The molecule has 11 heteroatoms. The highest BCUT2D eigenvalue weighted by molar-refractivity contribution is 6.21. The average Bonchev–Trinajstić information content (AvgIpc) is 3.20. The highest BCUT2D eigenvalue weighted by Gasteiger charge is 2.46. The first kappa shape index (κ1) is 23.1. The minimum absolute atomic E-state index is 0.250. The van der Waals surface area contributed by atoms with Crippen molar-refractivity contribution in [2.24, 2.45) is 0 Å². The van der Waals surface area contributed by atoms with Crippen molar-refractivity contribution in [2.45, 2.75) is 57.1 Å². The number of rotatable bonds is 8. The smallest absolute Gasteiger partial charge is 0.330 e. The number of hydrogen-bond acceptors (Lipinski definition) is 8. The summed E-state index contributed by atoms with van der Waals surface area (Å²) in [6.07, 6.45) is -0.679. The van der Waals surface area contributed by atoms with Crippen molar-refractivity contribution < 1.29 is 29.4 Å². The van der Waals surface area contributed by atoms with Gasteiger partial charge in [-0.1, -0.05) is 31.9 Å². The fourth-order valence-electron chi connectivity index (χ4n) is 4.10. The first-order valence-corrected chi connectivity index (χ1v) is 10.8. The monoisotopic (exact) mass is 459 g/mol. The van der Waals surface area contributed by atoms with E-state index >= 15 is 0 Å². The van der Waals surface area contributed by atoms with E-state index in [1.807, 2.05) is 11.1 Å². The third-order valence-electron chi connectivity index (χ3n) is 5.84. The lowest BCUT2D eigenvalue weighted by Gasteiger charge is -2.19. The van der Waals surface area contributed by atoms with E-state index in [1.54, 1.807) is 12.1 Å². The number of hydroxylamine groups is 2. The second-order valence-corrected chi connectivity index (χ2v) is 8.06. The summed E-state index contributed by atoms with van der Waals surface area (Å²) < 4.78 is 6.49. The number of imide groups is 1. The van der Waals surface area contributed by atoms with Crippen LogP contribution in [0, 0.1) is 0 Å². The highest BCUT2D eigenvalue weighted by Crippen LogP contribution is 2.31. The Morgan fingerprint density at radius 2 is 1.85 bits per heavy atom. The largest absolute Gasteiger partial charge is 0.387 e. The minimum Gasteiger partial charge on any atom is -0.387 e. The molecule has 1 fully saturated rings. The Kier molecular flexibility index (Phi) is 6.56. The molecular weight excluding hydrogens is 434 g/mol. The fraction of sp³-hybridized carbons (Fsp3) is 0.455. The maximum atomic E-state index is 12.9. The van der Waals surface area contributed by atoms with E-state index in [0.29, 0.717) is 17.0 Å². The fourth-order valence-corrected chi connectivity index (χ4v) is 4.10. The van der Waals surface area contributed by atoms with Gasteiger partial charge in [0.1, 0.15) is 24.9 Å². The predicted molar refractivity (Wildman–Crippen MR) is 113 cm³/mol. The zero-order valence-corrected chi connectivity index (χ0v) is 18.0. The van der Waals surface area contributed by atoms with Crippen molar-refractivity contribution in [2.75, 3.05) is 6.61 Å². The number of unbranched alkanes of at least 4 members (excludes halogenated alkanes) is 2. The van der Waals surface area contributed by atoms with Gasteiger partial charge in [-0.15, -0.1) is 5.06 Å². The number of aliphatic hydroxyl groups is 2. The molecule has 1 aromatic carbocycles. The summed E-state index contributed by atoms with van der Waals surface area (Å²) in [6.45, 7) is 1.65. The molecule has 3 heterocycles. The number of benzene rings is 1. The molecule has 0 radical (unpaired) electrons. The van der Waals surface area contributed by atoms with Gasteiger partial charge in [-0.2, -0.15) is 0 Å². The summed E-state index contributed by atoms with van der Waals surface area (Å²) in [5.41, 5.74) is -0.112. The summed E-state index contributed by atoms with van der Waals surface area (Å²) in [6, 6.07) is 6.17. The number of aromatic amines is 1. The van der Waals surface area contributed by atoms with Crippen molar-refractivity contribution in [1.29, 1.82) is 0 Å². The average molecular weight is 459 g/mol. The van der Waals surface area contributed by atoms with Crippen LogP contribution in [0.3, 0.4) is 0 Å². The number of amides is 2. The predicted octanol–water partition coefficient (Wildman–Crippen LogP) is 0.116. The van der Waals surface area contributed by atoms with Crippen LogP contribution in [0.2, 0.25) is 0 Å². The lowest BCUT2D eigenvalue weighted by atomic mass is 9.98. The summed E-state index contributed by atoms with van der Waals surface area (Å²) in [5.74, 6) is -1.21. The van der Waals surface area contributed by atoms with Crippen molar-refractivity contribution in [3.05, 3.63) is 68.0 Å². The van der Waals surface area contributed by atoms with Gasteiger partial charge in [-0.3, -0.25) is 28.8 Å². The van der Waals surface area contributed by atoms with E-state index in [4.69, 9.17) is 9.57 Å². The van der Waals surface area contributed by atoms with E-state index in [2.05, 4.69) is 6.92 Å². The molecule has 2 amide bonds. The number of aromatic nitrogens is 2. The minimum atomic E-state index is -1.51. The SMILES string of the molecule is CCCCCc1cccc2c1C(=O)N(OC[C@H]1O[C@@H](n3ccc(=O)[nH]c3=O)[C@H](O)[C@@H]1O)C2=O. The second-order valence-electron chi connectivity index (χ2n) is 8.06. The van der Waals surface area contributed by atoms with Crippen LogP contribution < -0.4 is 11.2 Å². The van der Waals surface area contributed by atoms with Crippen molar-refractivity contribution >= 4 is 11.8 Å². The zero-order chi connectivity index (χ0) is 23.7. The standard InChI is InChI=1S/C22H25N3O8/c1-2-3-4-6-12-7-5-8-13-16(12)20(30)25(19(13)29)32-11-14-17(27)18(28)21(33-14)24-10-9-15(26)23-22(24)31/h5,7-10,14,17-18,21,27-28H,2-4,6,11H2,1H3,(H,23,26,31)/t14-,17-,18-,21-/m1/s1. The molecule has 2 aliphatic heterocycles. The number of carbonyl (C=O) groups is 2. The van der Waals surface area contributed by atoms with E-state index in [1.165, 1.54) is 0 Å². The molecule has 0 aliphatic carbocycles. The molecule has 0 bridgehead atoms. The third-order valence-corrected chi connectivity index (χ3v) is 5.84. The summed E-state index contributed by atoms with van der Waals surface area (Å²) in [4.78, 5) is 56.4. The summed E-state index contributed by atoms with van der Waals surface area (Å²) in [5, 5.41) is 21.3. The van der Waals surface area contributed by atoms with Gasteiger partial charge in [0.15, 0.2) is 6.23 Å². The highest BCUT2D eigenvalue weighted by atomic mass is 16.7. The van der Waals surface area contributed by atoms with Gasteiger partial charge in [0.2, 0.25) is 0 Å². The molecule has 0 unspecified atom stereocenters. The number of aliphatic hydroxyl groups excluding tert-OH is 2. The van der Waals surface area contributed by atoms with Gasteiger partial charge in [0, 0.05) is 12.3 Å². The Hall–Kier alpha value is -3.12. The van der Waals surface area contributed by atoms with Gasteiger partial charge in [0.25, 0.3) is 17.4 Å². The Morgan fingerprint density at radius 1 is 1.06 bits per heavy atom. The molecule has 2 aliphatic rings. The van der Waals surface area contributed by atoms with E-state index in [-0.39, 0.29) is 5.56 Å².